The maximum atomic E-state index is 4.09. The van der Waals surface area contributed by atoms with Gasteiger partial charge in [-0.05, 0) is 12.5 Å². The maximum absolute atomic E-state index is 4.09. The second-order valence-electron chi connectivity index (χ2n) is 3.44. The Kier molecular flexibility index (Phi) is 5.71. The molecular formula is C11H19N3. The van der Waals surface area contributed by atoms with Crippen LogP contribution in [0, 0.1) is 0 Å². The Morgan fingerprint density at radius 1 is 1.21 bits per heavy atom. The Labute approximate surface area is 86.0 Å². The van der Waals surface area contributed by atoms with Crippen molar-refractivity contribution in [2.75, 3.05) is 11.9 Å². The molecule has 0 amide bonds. The van der Waals surface area contributed by atoms with Gasteiger partial charge in [-0.25, -0.2) is 9.97 Å². The third kappa shape index (κ3) is 4.80. The number of aromatic nitrogens is 2. The molecule has 0 fully saturated rings. The molecule has 0 bridgehead atoms. The van der Waals surface area contributed by atoms with E-state index in [0.29, 0.717) is 0 Å². The van der Waals surface area contributed by atoms with E-state index < -0.39 is 0 Å². The van der Waals surface area contributed by atoms with Gasteiger partial charge in [0.05, 0.1) is 0 Å². The van der Waals surface area contributed by atoms with E-state index in [0.717, 1.165) is 12.4 Å². The van der Waals surface area contributed by atoms with Gasteiger partial charge in [0.15, 0.2) is 0 Å². The van der Waals surface area contributed by atoms with Crippen LogP contribution in [-0.4, -0.2) is 16.5 Å². The minimum absolute atomic E-state index is 0.926. The van der Waals surface area contributed by atoms with Crippen molar-refractivity contribution in [2.45, 2.75) is 39.0 Å². The molecule has 0 atom stereocenters. The van der Waals surface area contributed by atoms with Crippen molar-refractivity contribution in [1.29, 1.82) is 0 Å². The number of hydrogen-bond donors (Lipinski definition) is 1. The first-order chi connectivity index (χ1) is 6.93. The van der Waals surface area contributed by atoms with E-state index in [-0.39, 0.29) is 0 Å². The van der Waals surface area contributed by atoms with Crippen LogP contribution < -0.4 is 5.32 Å². The lowest BCUT2D eigenvalue weighted by atomic mass is 10.1. The van der Waals surface area contributed by atoms with Gasteiger partial charge in [-0.2, -0.15) is 0 Å². The van der Waals surface area contributed by atoms with Gasteiger partial charge < -0.3 is 5.32 Å². The smallest absolute Gasteiger partial charge is 0.129 e. The minimum atomic E-state index is 0.926. The third-order valence-corrected chi connectivity index (χ3v) is 2.17. The summed E-state index contributed by atoms with van der Waals surface area (Å²) >= 11 is 0. The first kappa shape index (κ1) is 11.0. The van der Waals surface area contributed by atoms with Crippen LogP contribution in [-0.2, 0) is 0 Å². The topological polar surface area (TPSA) is 37.8 Å². The highest BCUT2D eigenvalue weighted by molar-refractivity contribution is 5.30. The Balaban J connectivity index is 1.99. The Hall–Kier alpha value is -1.12. The summed E-state index contributed by atoms with van der Waals surface area (Å²) in [5, 5.41) is 3.27. The van der Waals surface area contributed by atoms with E-state index in [1.54, 1.807) is 12.5 Å². The summed E-state index contributed by atoms with van der Waals surface area (Å²) < 4.78 is 0. The van der Waals surface area contributed by atoms with Gasteiger partial charge in [0.1, 0.15) is 12.1 Å². The average molecular weight is 193 g/mol. The molecule has 1 aromatic rings. The van der Waals surface area contributed by atoms with E-state index in [4.69, 9.17) is 0 Å². The van der Waals surface area contributed by atoms with E-state index in [2.05, 4.69) is 22.2 Å². The zero-order valence-electron chi connectivity index (χ0n) is 8.87. The van der Waals surface area contributed by atoms with Crippen molar-refractivity contribution >= 4 is 5.82 Å². The van der Waals surface area contributed by atoms with Crippen LogP contribution in [0.15, 0.2) is 18.6 Å². The molecule has 0 radical (unpaired) electrons. The van der Waals surface area contributed by atoms with Crippen LogP contribution in [0.25, 0.3) is 0 Å². The van der Waals surface area contributed by atoms with E-state index in [9.17, 15) is 0 Å². The summed E-state index contributed by atoms with van der Waals surface area (Å²) in [5.41, 5.74) is 0. The standard InChI is InChI=1S/C11H19N3/c1-2-3-4-5-6-8-13-11-7-9-12-10-14-11/h7,9-10H,2-6,8H2,1H3,(H,12,13,14). The summed E-state index contributed by atoms with van der Waals surface area (Å²) in [6, 6.07) is 1.89. The minimum Gasteiger partial charge on any atom is -0.370 e. The average Bonchev–Trinajstić information content (AvgIpc) is 2.25. The lowest BCUT2D eigenvalue weighted by Gasteiger charge is -2.03. The van der Waals surface area contributed by atoms with Gasteiger partial charge in [-0.3, -0.25) is 0 Å². The molecule has 0 spiro atoms. The highest BCUT2D eigenvalue weighted by Crippen LogP contribution is 2.03. The fraction of sp³-hybridized carbons (Fsp3) is 0.636. The van der Waals surface area contributed by atoms with Gasteiger partial charge in [-0.1, -0.05) is 32.6 Å². The summed E-state index contributed by atoms with van der Waals surface area (Å²) in [5.74, 6) is 0.926. The van der Waals surface area contributed by atoms with Crippen molar-refractivity contribution in [3.8, 4) is 0 Å². The molecule has 0 saturated heterocycles. The van der Waals surface area contributed by atoms with Gasteiger partial charge in [0.2, 0.25) is 0 Å². The first-order valence-corrected chi connectivity index (χ1v) is 5.43. The highest BCUT2D eigenvalue weighted by Gasteiger charge is 1.91. The number of hydrogen-bond acceptors (Lipinski definition) is 3. The van der Waals surface area contributed by atoms with Crippen LogP contribution >= 0.6 is 0 Å². The maximum Gasteiger partial charge on any atom is 0.129 e. The molecule has 1 aromatic heterocycles. The molecule has 0 aliphatic heterocycles. The summed E-state index contributed by atoms with van der Waals surface area (Å²) in [4.78, 5) is 7.95. The van der Waals surface area contributed by atoms with Gasteiger partial charge in [0, 0.05) is 12.7 Å². The number of nitrogens with zero attached hydrogens (tertiary/aromatic N) is 2. The molecule has 0 aliphatic carbocycles. The van der Waals surface area contributed by atoms with Gasteiger partial charge >= 0.3 is 0 Å². The van der Waals surface area contributed by atoms with Crippen LogP contribution in [0.1, 0.15) is 39.0 Å². The molecule has 0 unspecified atom stereocenters. The SMILES string of the molecule is CCCCCCCNc1ccncn1. The van der Waals surface area contributed by atoms with E-state index >= 15 is 0 Å². The van der Waals surface area contributed by atoms with Crippen molar-refractivity contribution in [1.82, 2.24) is 9.97 Å². The van der Waals surface area contributed by atoms with E-state index in [1.165, 1.54) is 32.1 Å². The van der Waals surface area contributed by atoms with Crippen molar-refractivity contribution in [3.63, 3.8) is 0 Å². The predicted octanol–water partition coefficient (Wildman–Crippen LogP) is 2.86. The molecule has 1 rings (SSSR count). The second kappa shape index (κ2) is 7.30. The molecule has 1 N–H and O–H groups in total. The number of rotatable bonds is 7. The molecule has 14 heavy (non-hydrogen) atoms. The quantitative estimate of drug-likeness (QED) is 0.677. The molecule has 3 heteroatoms. The van der Waals surface area contributed by atoms with Crippen LogP contribution in [0.3, 0.4) is 0 Å². The van der Waals surface area contributed by atoms with Gasteiger partial charge in [-0.15, -0.1) is 0 Å². The zero-order chi connectivity index (χ0) is 10.1. The summed E-state index contributed by atoms with van der Waals surface area (Å²) in [7, 11) is 0. The number of unbranched alkanes of at least 4 members (excludes halogenated alkanes) is 4. The summed E-state index contributed by atoms with van der Waals surface area (Å²) in [6.07, 6.45) is 9.87. The molecule has 0 aliphatic rings. The normalized spacial score (nSPS) is 10.1. The predicted molar refractivity (Wildman–Crippen MR) is 59.3 cm³/mol. The molecule has 0 saturated carbocycles. The van der Waals surface area contributed by atoms with Crippen molar-refractivity contribution in [3.05, 3.63) is 18.6 Å². The van der Waals surface area contributed by atoms with Crippen LogP contribution in [0.4, 0.5) is 5.82 Å². The second-order valence-corrected chi connectivity index (χ2v) is 3.44. The van der Waals surface area contributed by atoms with Gasteiger partial charge in [0.25, 0.3) is 0 Å². The molecule has 1 heterocycles. The van der Waals surface area contributed by atoms with Crippen LogP contribution in [0.2, 0.25) is 0 Å². The zero-order valence-corrected chi connectivity index (χ0v) is 8.87. The summed E-state index contributed by atoms with van der Waals surface area (Å²) in [6.45, 7) is 3.25. The third-order valence-electron chi connectivity index (χ3n) is 2.17. The lowest BCUT2D eigenvalue weighted by molar-refractivity contribution is 0.644. The molecule has 0 aromatic carbocycles. The fourth-order valence-corrected chi connectivity index (χ4v) is 1.34. The van der Waals surface area contributed by atoms with Crippen LogP contribution in [0.5, 0.6) is 0 Å². The Morgan fingerprint density at radius 2 is 2.07 bits per heavy atom. The molecular weight excluding hydrogens is 174 g/mol. The molecule has 78 valence electrons. The first-order valence-electron chi connectivity index (χ1n) is 5.43. The van der Waals surface area contributed by atoms with Crippen molar-refractivity contribution < 1.29 is 0 Å². The lowest BCUT2D eigenvalue weighted by Crippen LogP contribution is -2.02. The monoisotopic (exact) mass is 193 g/mol. The van der Waals surface area contributed by atoms with Crippen molar-refractivity contribution in [2.24, 2.45) is 0 Å². The Bertz CT molecular complexity index is 223. The number of nitrogens with one attached hydrogen (secondary N) is 1. The molecule has 3 nitrogen and oxygen atoms in total. The largest absolute Gasteiger partial charge is 0.370 e. The Morgan fingerprint density at radius 3 is 2.79 bits per heavy atom. The fourth-order valence-electron chi connectivity index (χ4n) is 1.34. The van der Waals surface area contributed by atoms with E-state index in [1.807, 2.05) is 6.07 Å². The number of anilines is 1. The highest BCUT2D eigenvalue weighted by atomic mass is 15.0.